The Morgan fingerprint density at radius 1 is 1.04 bits per heavy atom. The molecule has 2 saturated heterocycles. The summed E-state index contributed by atoms with van der Waals surface area (Å²) in [5.41, 5.74) is 8.62. The van der Waals surface area contributed by atoms with Crippen LogP contribution in [0.5, 0.6) is 0 Å². The fourth-order valence-corrected chi connectivity index (χ4v) is 8.65. The maximum Gasteiger partial charge on any atom is 0.407 e. The zero-order valence-electron chi connectivity index (χ0n) is 33.9. The van der Waals surface area contributed by atoms with E-state index in [0.29, 0.717) is 24.9 Å². The third-order valence-corrected chi connectivity index (χ3v) is 11.7. The van der Waals surface area contributed by atoms with E-state index in [2.05, 4.69) is 77.5 Å². The molecule has 2 aromatic rings. The van der Waals surface area contributed by atoms with Crippen molar-refractivity contribution in [3.8, 4) is 23.1 Å². The maximum atomic E-state index is 13.8. The van der Waals surface area contributed by atoms with Crippen molar-refractivity contribution < 1.29 is 20.5 Å². The molecule has 3 amide bonds. The second-order valence-corrected chi connectivity index (χ2v) is 16.3. The van der Waals surface area contributed by atoms with Gasteiger partial charge in [0.25, 0.3) is 0 Å². The average Bonchev–Trinajstić information content (AvgIpc) is 3.43. The normalized spacial score (nSPS) is 22.6. The number of carbonyl (C=O) groups excluding carboxylic acids is 3. The Balaban J connectivity index is 0.00000600. The van der Waals surface area contributed by atoms with Crippen LogP contribution < -0.4 is 10.6 Å². The number of ether oxygens (including phenoxy) is 1. The molecule has 1 aromatic carbocycles. The number of rotatable bonds is 11. The first-order valence-corrected chi connectivity index (χ1v) is 19.9. The summed E-state index contributed by atoms with van der Waals surface area (Å²) < 4.78 is 6.92. The number of allylic oxidation sites excluding steroid dienone is 3. The second kappa shape index (κ2) is 16.4. The molecule has 0 bridgehead atoms. The van der Waals surface area contributed by atoms with Crippen LogP contribution in [0.15, 0.2) is 66.2 Å². The van der Waals surface area contributed by atoms with Crippen LogP contribution in [0.4, 0.5) is 4.79 Å². The SMILES string of the molecule is C=C(C)C#C[C@H](C(=O)N1CCC[C@H]1C(=C)N/C(=C\C)C1=Cc2ccc(-c3cnc([C@@H]4CCCN4C(=O)[C@@H](NC(=O)OC)C(C)C)n3C)cc2C2CC12)C(C)C.[HH]. The van der Waals surface area contributed by atoms with Gasteiger partial charge in [-0.3, -0.25) is 9.59 Å². The number of likely N-dealkylation sites (tertiary alicyclic amines) is 2. The second-order valence-electron chi connectivity index (χ2n) is 16.3. The van der Waals surface area contributed by atoms with Crippen LogP contribution >= 0.6 is 0 Å². The van der Waals surface area contributed by atoms with Gasteiger partial charge in [0.1, 0.15) is 17.8 Å². The van der Waals surface area contributed by atoms with Gasteiger partial charge < -0.3 is 29.7 Å². The fourth-order valence-electron chi connectivity index (χ4n) is 8.65. The maximum absolute atomic E-state index is 13.8. The summed E-state index contributed by atoms with van der Waals surface area (Å²) in [4.78, 5) is 48.3. The van der Waals surface area contributed by atoms with E-state index in [4.69, 9.17) is 9.72 Å². The van der Waals surface area contributed by atoms with Gasteiger partial charge in [0.2, 0.25) is 11.8 Å². The molecule has 55 heavy (non-hydrogen) atoms. The van der Waals surface area contributed by atoms with Gasteiger partial charge in [-0.05, 0) is 104 Å². The van der Waals surface area contributed by atoms with Crippen molar-refractivity contribution in [1.82, 2.24) is 30.0 Å². The quantitative estimate of drug-likeness (QED) is 0.228. The molecule has 0 radical (unpaired) electrons. The molecule has 6 rings (SSSR count). The molecule has 10 heteroatoms. The van der Waals surface area contributed by atoms with E-state index in [0.717, 1.165) is 66.2 Å². The minimum Gasteiger partial charge on any atom is -0.453 e. The lowest BCUT2D eigenvalue weighted by molar-refractivity contribution is -0.136. The van der Waals surface area contributed by atoms with Gasteiger partial charge >= 0.3 is 6.09 Å². The molecule has 1 aromatic heterocycles. The van der Waals surface area contributed by atoms with E-state index in [1.807, 2.05) is 57.7 Å². The van der Waals surface area contributed by atoms with Crippen molar-refractivity contribution in [2.75, 3.05) is 20.2 Å². The van der Waals surface area contributed by atoms with E-state index in [1.54, 1.807) is 0 Å². The predicted octanol–water partition coefficient (Wildman–Crippen LogP) is 7.73. The molecule has 3 heterocycles. The zero-order valence-corrected chi connectivity index (χ0v) is 33.9. The number of fused-ring (bicyclic) bond motifs is 3. The summed E-state index contributed by atoms with van der Waals surface area (Å²) in [6.45, 7) is 21.6. The van der Waals surface area contributed by atoms with Gasteiger partial charge in [0.15, 0.2) is 0 Å². The van der Waals surface area contributed by atoms with Crippen molar-refractivity contribution >= 4 is 24.0 Å². The number of aromatic nitrogens is 2. The lowest BCUT2D eigenvalue weighted by Crippen LogP contribution is -2.51. The average molecular weight is 749 g/mol. The molecule has 2 unspecified atom stereocenters. The van der Waals surface area contributed by atoms with Gasteiger partial charge in [0, 0.05) is 38.5 Å². The largest absolute Gasteiger partial charge is 0.453 e. The van der Waals surface area contributed by atoms with Crippen molar-refractivity contribution in [2.45, 2.75) is 97.7 Å². The molecular formula is C45H60N6O4. The highest BCUT2D eigenvalue weighted by Gasteiger charge is 2.46. The van der Waals surface area contributed by atoms with Crippen molar-refractivity contribution in [3.63, 3.8) is 0 Å². The summed E-state index contributed by atoms with van der Waals surface area (Å²) in [6.07, 6.45) is 10.3. The highest BCUT2D eigenvalue weighted by atomic mass is 16.5. The molecular weight excluding hydrogens is 689 g/mol. The monoisotopic (exact) mass is 748 g/mol. The molecule has 4 aliphatic rings. The molecule has 2 N–H and O–H groups in total. The first-order valence-electron chi connectivity index (χ1n) is 19.9. The molecule has 10 nitrogen and oxygen atoms in total. The van der Waals surface area contributed by atoms with Gasteiger partial charge in [-0.2, -0.15) is 0 Å². The first-order chi connectivity index (χ1) is 26.2. The van der Waals surface area contributed by atoms with Crippen LogP contribution in [0.2, 0.25) is 0 Å². The summed E-state index contributed by atoms with van der Waals surface area (Å²) in [7, 11) is 3.33. The Bertz CT molecular complexity index is 2000. The fraction of sp³-hybridized carbons (Fsp3) is 0.511. The van der Waals surface area contributed by atoms with E-state index >= 15 is 0 Å². The first kappa shape index (κ1) is 39.6. The van der Waals surface area contributed by atoms with E-state index in [-0.39, 0.29) is 43.1 Å². The molecule has 2 aliphatic heterocycles. The number of nitrogens with one attached hydrogen (secondary N) is 2. The Morgan fingerprint density at radius 2 is 1.76 bits per heavy atom. The van der Waals surface area contributed by atoms with Crippen LogP contribution in [-0.4, -0.2) is 69.5 Å². The zero-order chi connectivity index (χ0) is 39.7. The van der Waals surface area contributed by atoms with E-state index in [1.165, 1.54) is 23.8 Å². The third kappa shape index (κ3) is 8.03. The van der Waals surface area contributed by atoms with Gasteiger partial charge in [0.05, 0.1) is 31.1 Å². The molecule has 3 fully saturated rings. The molecule has 6 atom stereocenters. The topological polar surface area (TPSA) is 109 Å². The van der Waals surface area contributed by atoms with Crippen LogP contribution in [0, 0.1) is 35.5 Å². The summed E-state index contributed by atoms with van der Waals surface area (Å²) in [6, 6.07) is 5.74. The van der Waals surface area contributed by atoms with Crippen molar-refractivity contribution in [2.24, 2.45) is 30.7 Å². The number of hydrogen-bond donors (Lipinski definition) is 2. The van der Waals surface area contributed by atoms with E-state index < -0.39 is 12.1 Å². The van der Waals surface area contributed by atoms with Crippen molar-refractivity contribution in [1.29, 1.82) is 0 Å². The molecule has 1 saturated carbocycles. The summed E-state index contributed by atoms with van der Waals surface area (Å²) in [5, 5.41) is 6.40. The standard InChI is InChI=1S/C45H58N6O4.H2/c1-11-37(47-29(8)38-14-12-20-50(38)43(52)32(27(4)5)19-16-26(2)3)36-22-30-17-18-31(23-33(30)34-24-35(34)36)40-25-46-42(49(40)9)39-15-13-21-51(39)44(53)41(28(6)7)48-45(54)55-10;/h11,17-18,22-23,25,27-28,32,34-35,38-39,41,47H,2,8,12-15,20-21,24H2,1,3-7,9-10H3,(H,48,54);1H/b37-11-;/t32-,34?,35?,38-,39-,41-;/m0./s1. The Labute approximate surface area is 328 Å². The minimum absolute atomic E-state index is 0. The Kier molecular flexibility index (Phi) is 11.8. The Morgan fingerprint density at radius 3 is 2.44 bits per heavy atom. The number of alkyl carbamates (subject to hydrolysis) is 1. The number of amides is 3. The van der Waals surface area contributed by atoms with Crippen LogP contribution in [0.1, 0.15) is 104 Å². The summed E-state index contributed by atoms with van der Waals surface area (Å²) in [5.74, 6) is 7.50. The van der Waals surface area contributed by atoms with Crippen LogP contribution in [0.3, 0.4) is 0 Å². The lowest BCUT2D eigenvalue weighted by atomic mass is 9.89. The Hall–Kier alpha value is -5.04. The molecule has 2 aliphatic carbocycles. The number of carbonyl (C=O) groups is 3. The minimum atomic E-state index is -0.676. The van der Waals surface area contributed by atoms with Crippen LogP contribution in [0.25, 0.3) is 17.3 Å². The summed E-state index contributed by atoms with van der Waals surface area (Å²) >= 11 is 0. The number of hydrogen-bond acceptors (Lipinski definition) is 6. The van der Waals surface area contributed by atoms with Crippen LogP contribution in [-0.2, 0) is 21.4 Å². The smallest absolute Gasteiger partial charge is 0.407 e. The number of benzene rings is 1. The lowest BCUT2D eigenvalue weighted by Gasteiger charge is -2.31. The van der Waals surface area contributed by atoms with E-state index in [9.17, 15) is 14.4 Å². The predicted molar refractivity (Wildman–Crippen MR) is 219 cm³/mol. The molecule has 294 valence electrons. The highest BCUT2D eigenvalue weighted by molar-refractivity contribution is 5.86. The highest BCUT2D eigenvalue weighted by Crippen LogP contribution is 2.58. The number of imidazole rings is 1. The van der Waals surface area contributed by atoms with Gasteiger partial charge in [-0.25, -0.2) is 9.78 Å². The number of nitrogens with zero attached hydrogens (tertiary/aromatic N) is 4. The van der Waals surface area contributed by atoms with Gasteiger partial charge in [-0.1, -0.05) is 70.9 Å². The van der Waals surface area contributed by atoms with Crippen molar-refractivity contribution in [3.05, 3.63) is 83.1 Å². The number of methoxy groups -OCH3 is 1. The molecule has 0 spiro atoms. The third-order valence-electron chi connectivity index (χ3n) is 11.7. The van der Waals surface area contributed by atoms with Gasteiger partial charge in [-0.15, -0.1) is 0 Å².